The van der Waals surface area contributed by atoms with E-state index in [9.17, 15) is 0 Å². The van der Waals surface area contributed by atoms with Crippen LogP contribution >= 0.6 is 0 Å². The van der Waals surface area contributed by atoms with Gasteiger partial charge in [-0.05, 0) is 38.0 Å². The summed E-state index contributed by atoms with van der Waals surface area (Å²) in [7, 11) is 1.63. The van der Waals surface area contributed by atoms with Crippen molar-refractivity contribution in [2.75, 3.05) is 7.11 Å². The van der Waals surface area contributed by atoms with Gasteiger partial charge in [0.1, 0.15) is 0 Å². The second-order valence-electron chi connectivity index (χ2n) is 4.95. The molecule has 0 bridgehead atoms. The van der Waals surface area contributed by atoms with Crippen LogP contribution in [0.25, 0.3) is 0 Å². The lowest BCUT2D eigenvalue weighted by Crippen LogP contribution is -2.13. The number of nitrogens with one attached hydrogen (secondary N) is 1. The first-order valence-electron chi connectivity index (χ1n) is 7.01. The van der Waals surface area contributed by atoms with E-state index in [1.165, 1.54) is 17.0 Å². The van der Waals surface area contributed by atoms with E-state index >= 15 is 0 Å². The van der Waals surface area contributed by atoms with Gasteiger partial charge < -0.3 is 14.6 Å². The number of aromatic nitrogens is 2. The van der Waals surface area contributed by atoms with Crippen molar-refractivity contribution in [1.29, 1.82) is 0 Å². The summed E-state index contributed by atoms with van der Waals surface area (Å²) in [5.41, 5.74) is 5.21. The standard InChI is InChI=1S/C16H23N3O/c1-5-19-12(2)8-15(13(19)3)11-17-9-14-6-7-16(20-4)18-10-14/h6-8,10,17H,5,9,11H2,1-4H3. The Morgan fingerprint density at radius 2 is 2.05 bits per heavy atom. The number of hydrogen-bond acceptors (Lipinski definition) is 3. The summed E-state index contributed by atoms with van der Waals surface area (Å²) in [5, 5.41) is 3.47. The SMILES string of the molecule is CCn1c(C)cc(CNCc2ccc(OC)nc2)c1C. The van der Waals surface area contributed by atoms with Gasteiger partial charge in [0.25, 0.3) is 0 Å². The van der Waals surface area contributed by atoms with E-state index in [-0.39, 0.29) is 0 Å². The Bertz CT molecular complexity index is 558. The third kappa shape index (κ3) is 3.20. The van der Waals surface area contributed by atoms with Gasteiger partial charge in [-0.1, -0.05) is 6.07 Å². The van der Waals surface area contributed by atoms with E-state index in [0.717, 1.165) is 25.2 Å². The Hall–Kier alpha value is -1.81. The Kier molecular flexibility index (Phi) is 4.79. The zero-order valence-electron chi connectivity index (χ0n) is 12.7. The van der Waals surface area contributed by atoms with Gasteiger partial charge in [-0.3, -0.25) is 0 Å². The van der Waals surface area contributed by atoms with Gasteiger partial charge in [-0.25, -0.2) is 4.98 Å². The third-order valence-electron chi connectivity index (χ3n) is 3.65. The second kappa shape index (κ2) is 6.57. The van der Waals surface area contributed by atoms with Crippen LogP contribution in [0, 0.1) is 13.8 Å². The zero-order chi connectivity index (χ0) is 14.5. The monoisotopic (exact) mass is 273 g/mol. The average molecular weight is 273 g/mol. The molecule has 0 aromatic carbocycles. The number of methoxy groups -OCH3 is 1. The smallest absolute Gasteiger partial charge is 0.212 e. The van der Waals surface area contributed by atoms with Crippen LogP contribution in [0.4, 0.5) is 0 Å². The quantitative estimate of drug-likeness (QED) is 0.879. The Balaban J connectivity index is 1.92. The van der Waals surface area contributed by atoms with Gasteiger partial charge in [0, 0.05) is 43.3 Å². The number of rotatable bonds is 6. The maximum atomic E-state index is 5.05. The largest absolute Gasteiger partial charge is 0.481 e. The number of ether oxygens (including phenoxy) is 1. The molecule has 0 spiro atoms. The number of nitrogens with zero attached hydrogens (tertiary/aromatic N) is 2. The molecule has 108 valence electrons. The first kappa shape index (κ1) is 14.6. The van der Waals surface area contributed by atoms with Crippen LogP contribution < -0.4 is 10.1 Å². The van der Waals surface area contributed by atoms with Gasteiger partial charge in [0.15, 0.2) is 0 Å². The van der Waals surface area contributed by atoms with Crippen molar-refractivity contribution in [2.24, 2.45) is 0 Å². The van der Waals surface area contributed by atoms with Crippen LogP contribution in [0.1, 0.15) is 29.4 Å². The molecule has 0 aliphatic heterocycles. The summed E-state index contributed by atoms with van der Waals surface area (Å²) < 4.78 is 7.39. The number of pyridine rings is 1. The lowest BCUT2D eigenvalue weighted by atomic mass is 10.2. The molecule has 2 aromatic heterocycles. The van der Waals surface area contributed by atoms with Crippen molar-refractivity contribution < 1.29 is 4.74 Å². The molecule has 0 amide bonds. The molecule has 0 saturated heterocycles. The van der Waals surface area contributed by atoms with Gasteiger partial charge >= 0.3 is 0 Å². The lowest BCUT2D eigenvalue weighted by molar-refractivity contribution is 0.397. The average Bonchev–Trinajstić information content (AvgIpc) is 2.74. The first-order chi connectivity index (χ1) is 9.65. The van der Waals surface area contributed by atoms with Crippen molar-refractivity contribution in [1.82, 2.24) is 14.9 Å². The highest BCUT2D eigenvalue weighted by Gasteiger charge is 2.07. The molecular weight excluding hydrogens is 250 g/mol. The third-order valence-corrected chi connectivity index (χ3v) is 3.65. The molecule has 0 unspecified atom stereocenters. The fraction of sp³-hybridized carbons (Fsp3) is 0.438. The molecule has 2 aromatic rings. The van der Waals surface area contributed by atoms with E-state index in [1.807, 2.05) is 18.3 Å². The van der Waals surface area contributed by atoms with Crippen LogP contribution in [0.5, 0.6) is 5.88 Å². The molecule has 0 aliphatic carbocycles. The van der Waals surface area contributed by atoms with E-state index < -0.39 is 0 Å². The Labute approximate surface area is 120 Å². The van der Waals surface area contributed by atoms with Crippen LogP contribution in [0.3, 0.4) is 0 Å². The van der Waals surface area contributed by atoms with Crippen LogP contribution in [-0.4, -0.2) is 16.7 Å². The number of hydrogen-bond donors (Lipinski definition) is 1. The molecular formula is C16H23N3O. The summed E-state index contributed by atoms with van der Waals surface area (Å²) in [6.45, 7) is 9.24. The van der Waals surface area contributed by atoms with Crippen molar-refractivity contribution in [3.8, 4) is 5.88 Å². The Morgan fingerprint density at radius 1 is 1.25 bits per heavy atom. The maximum Gasteiger partial charge on any atom is 0.212 e. The highest BCUT2D eigenvalue weighted by Crippen LogP contribution is 2.15. The normalized spacial score (nSPS) is 10.8. The highest BCUT2D eigenvalue weighted by molar-refractivity contribution is 5.26. The number of aryl methyl sites for hydroxylation is 1. The molecule has 4 heteroatoms. The van der Waals surface area contributed by atoms with Gasteiger partial charge in [-0.2, -0.15) is 0 Å². The summed E-state index contributed by atoms with van der Waals surface area (Å²) in [6.07, 6.45) is 1.85. The molecule has 0 radical (unpaired) electrons. The van der Waals surface area contributed by atoms with Gasteiger partial charge in [-0.15, -0.1) is 0 Å². The fourth-order valence-corrected chi connectivity index (χ4v) is 2.52. The molecule has 4 nitrogen and oxygen atoms in total. The molecule has 0 aliphatic rings. The summed E-state index contributed by atoms with van der Waals surface area (Å²) in [4.78, 5) is 4.21. The van der Waals surface area contributed by atoms with Crippen LogP contribution in [0.2, 0.25) is 0 Å². The molecule has 0 fully saturated rings. The minimum atomic E-state index is 0.653. The summed E-state index contributed by atoms with van der Waals surface area (Å²) >= 11 is 0. The maximum absolute atomic E-state index is 5.05. The van der Waals surface area contributed by atoms with Crippen LogP contribution in [0.15, 0.2) is 24.4 Å². The van der Waals surface area contributed by atoms with Crippen molar-refractivity contribution in [3.05, 3.63) is 46.9 Å². The fourth-order valence-electron chi connectivity index (χ4n) is 2.52. The van der Waals surface area contributed by atoms with E-state index in [4.69, 9.17) is 4.74 Å². The molecule has 0 atom stereocenters. The Morgan fingerprint density at radius 3 is 2.60 bits per heavy atom. The highest BCUT2D eigenvalue weighted by atomic mass is 16.5. The van der Waals surface area contributed by atoms with E-state index in [0.29, 0.717) is 5.88 Å². The molecule has 2 heterocycles. The summed E-state index contributed by atoms with van der Waals surface area (Å²) in [5.74, 6) is 0.653. The minimum Gasteiger partial charge on any atom is -0.481 e. The van der Waals surface area contributed by atoms with Crippen molar-refractivity contribution in [3.63, 3.8) is 0 Å². The van der Waals surface area contributed by atoms with Crippen LogP contribution in [-0.2, 0) is 19.6 Å². The molecule has 1 N–H and O–H groups in total. The van der Waals surface area contributed by atoms with Crippen molar-refractivity contribution in [2.45, 2.75) is 40.4 Å². The van der Waals surface area contributed by atoms with Crippen molar-refractivity contribution >= 4 is 0 Å². The van der Waals surface area contributed by atoms with Gasteiger partial charge in [0.05, 0.1) is 7.11 Å². The van der Waals surface area contributed by atoms with Gasteiger partial charge in [0.2, 0.25) is 5.88 Å². The lowest BCUT2D eigenvalue weighted by Gasteiger charge is -2.07. The predicted molar refractivity (Wildman–Crippen MR) is 80.9 cm³/mol. The molecule has 20 heavy (non-hydrogen) atoms. The summed E-state index contributed by atoms with van der Waals surface area (Å²) in [6, 6.07) is 6.19. The second-order valence-corrected chi connectivity index (χ2v) is 4.95. The minimum absolute atomic E-state index is 0.653. The molecule has 2 rings (SSSR count). The first-order valence-corrected chi connectivity index (χ1v) is 7.01. The topological polar surface area (TPSA) is 39.1 Å². The van der Waals surface area contributed by atoms with E-state index in [2.05, 4.69) is 41.7 Å². The molecule has 0 saturated carbocycles. The van der Waals surface area contributed by atoms with E-state index in [1.54, 1.807) is 7.11 Å². The predicted octanol–water partition coefficient (Wildman–Crippen LogP) is 2.82. The zero-order valence-corrected chi connectivity index (χ0v) is 12.7.